The van der Waals surface area contributed by atoms with Gasteiger partial charge in [0.15, 0.2) is 11.5 Å². The van der Waals surface area contributed by atoms with E-state index in [2.05, 4.69) is 0 Å². The highest BCUT2D eigenvalue weighted by atomic mass is 35.5. The highest BCUT2D eigenvalue weighted by Gasteiger charge is 2.36. The number of hydrogen-bond donors (Lipinski definition) is 0. The summed E-state index contributed by atoms with van der Waals surface area (Å²) >= 11 is 7.34. The van der Waals surface area contributed by atoms with Crippen molar-refractivity contribution in [3.8, 4) is 11.5 Å². The second-order valence-corrected chi connectivity index (χ2v) is 8.06. The van der Waals surface area contributed by atoms with Gasteiger partial charge in [0.25, 0.3) is 11.1 Å². The summed E-state index contributed by atoms with van der Waals surface area (Å²) in [6, 6.07) is 21.9. The maximum absolute atomic E-state index is 12.8. The Morgan fingerprint density at radius 3 is 2.35 bits per heavy atom. The minimum atomic E-state index is -0.374. The number of anilines is 1. The third-order valence-corrected chi connectivity index (χ3v) is 5.73. The zero-order valence-corrected chi connectivity index (χ0v) is 18.2. The lowest BCUT2D eigenvalue weighted by molar-refractivity contribution is -0.113. The third kappa shape index (κ3) is 4.60. The van der Waals surface area contributed by atoms with Crippen molar-refractivity contribution in [2.75, 3.05) is 12.0 Å². The molecule has 156 valence electrons. The number of nitrogens with zero attached hydrogens (tertiary/aromatic N) is 1. The lowest BCUT2D eigenvalue weighted by Crippen LogP contribution is -2.27. The van der Waals surface area contributed by atoms with Gasteiger partial charge in [-0.25, -0.2) is 4.90 Å². The molecule has 31 heavy (non-hydrogen) atoms. The summed E-state index contributed by atoms with van der Waals surface area (Å²) in [7, 11) is 1.52. The van der Waals surface area contributed by atoms with Crippen LogP contribution in [0.5, 0.6) is 11.5 Å². The molecule has 0 atom stereocenters. The van der Waals surface area contributed by atoms with E-state index in [9.17, 15) is 9.59 Å². The van der Waals surface area contributed by atoms with E-state index in [-0.39, 0.29) is 11.1 Å². The number of benzene rings is 3. The van der Waals surface area contributed by atoms with Gasteiger partial charge < -0.3 is 9.47 Å². The number of imide groups is 1. The summed E-state index contributed by atoms with van der Waals surface area (Å²) in [4.78, 5) is 26.7. The first-order valence-corrected chi connectivity index (χ1v) is 10.6. The smallest absolute Gasteiger partial charge is 0.298 e. The highest BCUT2D eigenvalue weighted by Crippen LogP contribution is 2.40. The van der Waals surface area contributed by atoms with Crippen molar-refractivity contribution in [2.45, 2.75) is 6.61 Å². The number of amides is 2. The average Bonchev–Trinajstić information content (AvgIpc) is 3.06. The predicted octanol–water partition coefficient (Wildman–Crippen LogP) is 6.17. The number of ether oxygens (including phenoxy) is 2. The quantitative estimate of drug-likeness (QED) is 0.419. The monoisotopic (exact) mass is 451 g/mol. The highest BCUT2D eigenvalue weighted by molar-refractivity contribution is 8.19. The summed E-state index contributed by atoms with van der Waals surface area (Å²) in [5, 5.41) is 0.00662. The van der Waals surface area contributed by atoms with Crippen LogP contribution in [0.15, 0.2) is 77.7 Å². The van der Waals surface area contributed by atoms with Crippen LogP contribution in [0.4, 0.5) is 10.5 Å². The van der Waals surface area contributed by atoms with E-state index in [1.807, 2.05) is 36.4 Å². The van der Waals surface area contributed by atoms with Crippen molar-refractivity contribution in [1.82, 2.24) is 0 Å². The topological polar surface area (TPSA) is 55.8 Å². The molecule has 1 fully saturated rings. The van der Waals surface area contributed by atoms with Crippen molar-refractivity contribution in [3.63, 3.8) is 0 Å². The Labute approximate surface area is 189 Å². The maximum Gasteiger partial charge on any atom is 0.298 e. The third-order valence-electron chi connectivity index (χ3n) is 4.58. The van der Waals surface area contributed by atoms with Crippen LogP contribution in [0.25, 0.3) is 6.08 Å². The fraction of sp³-hybridized carbons (Fsp3) is 0.0833. The Kier molecular flexibility index (Phi) is 6.30. The Bertz CT molecular complexity index is 1150. The van der Waals surface area contributed by atoms with Gasteiger partial charge in [0.2, 0.25) is 0 Å². The predicted molar refractivity (Wildman–Crippen MR) is 124 cm³/mol. The van der Waals surface area contributed by atoms with Crippen LogP contribution >= 0.6 is 23.4 Å². The van der Waals surface area contributed by atoms with Gasteiger partial charge in [-0.2, -0.15) is 0 Å². The van der Waals surface area contributed by atoms with E-state index >= 15 is 0 Å². The lowest BCUT2D eigenvalue weighted by atomic mass is 10.1. The first-order valence-electron chi connectivity index (χ1n) is 9.44. The summed E-state index contributed by atoms with van der Waals surface area (Å²) in [5.41, 5.74) is 2.17. The van der Waals surface area contributed by atoms with E-state index in [4.69, 9.17) is 21.1 Å². The van der Waals surface area contributed by atoms with Gasteiger partial charge in [0.05, 0.1) is 22.7 Å². The van der Waals surface area contributed by atoms with Crippen LogP contribution < -0.4 is 14.4 Å². The van der Waals surface area contributed by atoms with Gasteiger partial charge in [0, 0.05) is 0 Å². The number of para-hydroxylation sites is 1. The molecule has 0 bridgehead atoms. The molecule has 1 aliphatic heterocycles. The van der Waals surface area contributed by atoms with E-state index in [1.54, 1.807) is 42.5 Å². The Morgan fingerprint density at radius 1 is 1.00 bits per heavy atom. The largest absolute Gasteiger partial charge is 0.493 e. The molecule has 0 unspecified atom stereocenters. The van der Waals surface area contributed by atoms with Crippen LogP contribution in [0.3, 0.4) is 0 Å². The van der Waals surface area contributed by atoms with E-state index in [0.717, 1.165) is 22.2 Å². The number of methoxy groups -OCH3 is 1. The molecule has 7 heteroatoms. The molecule has 0 spiro atoms. The molecular formula is C24H18ClNO4S. The molecule has 0 aromatic heterocycles. The average molecular weight is 452 g/mol. The zero-order valence-electron chi connectivity index (χ0n) is 16.6. The Balaban J connectivity index is 1.59. The van der Waals surface area contributed by atoms with Gasteiger partial charge in [-0.15, -0.1) is 0 Å². The van der Waals surface area contributed by atoms with Crippen molar-refractivity contribution in [3.05, 3.63) is 93.9 Å². The molecule has 1 saturated heterocycles. The first kappa shape index (κ1) is 21.0. The zero-order chi connectivity index (χ0) is 21.8. The summed E-state index contributed by atoms with van der Waals surface area (Å²) in [6.07, 6.45) is 1.63. The molecule has 3 aromatic carbocycles. The number of carbonyl (C=O) groups is 2. The standard InChI is InChI=1S/C24H18ClNO4S/c1-29-20-13-17(12-19(25)22(20)30-15-16-8-4-2-5-9-16)14-21-23(27)26(24(28)31-21)18-10-6-3-7-11-18/h2-14H,15H2,1H3/b21-14+. The fourth-order valence-corrected chi connectivity index (χ4v) is 4.23. The number of rotatable bonds is 6. The Morgan fingerprint density at radius 2 is 1.68 bits per heavy atom. The second kappa shape index (κ2) is 9.29. The molecule has 1 aliphatic rings. The van der Waals surface area contributed by atoms with E-state index in [1.165, 1.54) is 7.11 Å². The maximum atomic E-state index is 12.8. The van der Waals surface area contributed by atoms with Gasteiger partial charge in [0.1, 0.15) is 6.61 Å². The van der Waals surface area contributed by atoms with Gasteiger partial charge in [-0.1, -0.05) is 60.1 Å². The summed E-state index contributed by atoms with van der Waals surface area (Å²) in [5.74, 6) is 0.486. The van der Waals surface area contributed by atoms with Crippen LogP contribution in [0.2, 0.25) is 5.02 Å². The molecular weight excluding hydrogens is 434 g/mol. The van der Waals surface area contributed by atoms with E-state index in [0.29, 0.717) is 39.3 Å². The lowest BCUT2D eigenvalue weighted by Gasteiger charge is -2.14. The number of carbonyl (C=O) groups excluding carboxylic acids is 2. The molecule has 4 rings (SSSR count). The number of hydrogen-bond acceptors (Lipinski definition) is 5. The molecule has 0 aliphatic carbocycles. The number of halogens is 1. The SMILES string of the molecule is COc1cc(/C=C2/SC(=O)N(c3ccccc3)C2=O)cc(Cl)c1OCc1ccccc1. The summed E-state index contributed by atoms with van der Waals surface area (Å²) < 4.78 is 11.3. The fourth-order valence-electron chi connectivity index (χ4n) is 3.11. The normalized spacial score (nSPS) is 14.9. The van der Waals surface area contributed by atoms with E-state index < -0.39 is 0 Å². The van der Waals surface area contributed by atoms with Gasteiger partial charge >= 0.3 is 0 Å². The first-order chi connectivity index (χ1) is 15.1. The van der Waals surface area contributed by atoms with Crippen molar-refractivity contribution >= 4 is 46.3 Å². The molecule has 0 N–H and O–H groups in total. The van der Waals surface area contributed by atoms with Gasteiger partial charge in [-0.3, -0.25) is 9.59 Å². The molecule has 1 heterocycles. The Hall–Kier alpha value is -3.22. The van der Waals surface area contributed by atoms with Crippen molar-refractivity contribution in [1.29, 1.82) is 0 Å². The molecule has 0 radical (unpaired) electrons. The van der Waals surface area contributed by atoms with Gasteiger partial charge in [-0.05, 0) is 53.2 Å². The minimum absolute atomic E-state index is 0.310. The molecule has 2 amide bonds. The van der Waals surface area contributed by atoms with Crippen molar-refractivity contribution in [2.24, 2.45) is 0 Å². The van der Waals surface area contributed by atoms with Crippen LogP contribution in [-0.2, 0) is 11.4 Å². The van der Waals surface area contributed by atoms with Crippen LogP contribution in [0.1, 0.15) is 11.1 Å². The van der Waals surface area contributed by atoms with Crippen LogP contribution in [0, 0.1) is 0 Å². The molecule has 5 nitrogen and oxygen atoms in total. The molecule has 0 saturated carbocycles. The van der Waals surface area contributed by atoms with Crippen LogP contribution in [-0.4, -0.2) is 18.3 Å². The van der Waals surface area contributed by atoms with Crippen molar-refractivity contribution < 1.29 is 19.1 Å². The molecule has 3 aromatic rings. The summed E-state index contributed by atoms with van der Waals surface area (Å²) in [6.45, 7) is 0.340. The second-order valence-electron chi connectivity index (χ2n) is 6.66. The minimum Gasteiger partial charge on any atom is -0.493 e. The number of thioether (sulfide) groups is 1.